The summed E-state index contributed by atoms with van der Waals surface area (Å²) in [4.78, 5) is 36.2. The number of nitrogens with zero attached hydrogens (tertiary/aromatic N) is 1. The number of benzene rings is 2. The minimum atomic E-state index is -3.66. The fourth-order valence-corrected chi connectivity index (χ4v) is 4.76. The van der Waals surface area contributed by atoms with Crippen LogP contribution >= 0.6 is 11.6 Å². The number of nitrogens with one attached hydrogen (secondary N) is 3. The maximum atomic E-state index is 12.6. The molecule has 0 radical (unpaired) electrons. The van der Waals surface area contributed by atoms with Crippen molar-refractivity contribution in [3.05, 3.63) is 64.7 Å². The fraction of sp³-hybridized carbons (Fsp3) is 0.250. The van der Waals surface area contributed by atoms with Crippen molar-refractivity contribution in [2.24, 2.45) is 0 Å². The molecule has 2 aromatic carbocycles. The second-order valence-electron chi connectivity index (χ2n) is 6.83. The van der Waals surface area contributed by atoms with Crippen molar-refractivity contribution in [2.45, 2.75) is 17.7 Å². The van der Waals surface area contributed by atoms with Crippen LogP contribution in [0.15, 0.2) is 53.4 Å². The van der Waals surface area contributed by atoms with E-state index < -0.39 is 27.7 Å². The number of carbonyl (C=O) groups is 3. The zero-order valence-electron chi connectivity index (χ0n) is 16.4. The molecule has 3 rings (SSSR count). The topological polar surface area (TPSA) is 125 Å². The summed E-state index contributed by atoms with van der Waals surface area (Å²) in [5, 5.41) is 2.79. The van der Waals surface area contributed by atoms with Crippen molar-refractivity contribution in [3.63, 3.8) is 0 Å². The van der Waals surface area contributed by atoms with Crippen LogP contribution in [0.3, 0.4) is 0 Å². The number of sulfonamides is 1. The van der Waals surface area contributed by atoms with E-state index >= 15 is 0 Å². The molecule has 1 saturated heterocycles. The van der Waals surface area contributed by atoms with Crippen molar-refractivity contribution in [3.8, 4) is 0 Å². The standard InChI is InChI=1S/C20H21ClN4O5S/c21-16-7-3-5-14(11-16)19(27)22-13-18(26)23-24-20(28)15-6-4-8-17(12-15)31(29,30)25-9-1-2-10-25/h3-8,11-12H,1-2,9-10,13H2,(H,22,27)(H,23,26)(H,24,28). The molecule has 11 heteroatoms. The molecule has 164 valence electrons. The third-order valence-corrected chi connectivity index (χ3v) is 6.74. The summed E-state index contributed by atoms with van der Waals surface area (Å²) in [6.07, 6.45) is 1.61. The third kappa shape index (κ3) is 5.81. The Morgan fingerprint density at radius 3 is 2.23 bits per heavy atom. The second-order valence-corrected chi connectivity index (χ2v) is 9.21. The van der Waals surface area contributed by atoms with Crippen LogP contribution in [-0.2, 0) is 14.8 Å². The van der Waals surface area contributed by atoms with E-state index in [-0.39, 0.29) is 17.0 Å². The number of carbonyl (C=O) groups excluding carboxylic acids is 3. The van der Waals surface area contributed by atoms with Gasteiger partial charge in [-0.25, -0.2) is 8.42 Å². The van der Waals surface area contributed by atoms with Gasteiger partial charge in [0.25, 0.3) is 17.7 Å². The third-order valence-electron chi connectivity index (χ3n) is 4.61. The van der Waals surface area contributed by atoms with Crippen molar-refractivity contribution in [1.82, 2.24) is 20.5 Å². The maximum absolute atomic E-state index is 12.6. The van der Waals surface area contributed by atoms with Gasteiger partial charge in [0.05, 0.1) is 11.4 Å². The summed E-state index contributed by atoms with van der Waals surface area (Å²) < 4.78 is 26.7. The average Bonchev–Trinajstić information content (AvgIpc) is 3.32. The molecule has 0 aliphatic carbocycles. The van der Waals surface area contributed by atoms with Crippen LogP contribution < -0.4 is 16.2 Å². The molecular weight excluding hydrogens is 444 g/mol. The lowest BCUT2D eigenvalue weighted by Gasteiger charge is -2.16. The molecule has 0 aromatic heterocycles. The molecule has 1 heterocycles. The molecule has 0 saturated carbocycles. The molecule has 0 unspecified atom stereocenters. The number of hydrogen-bond acceptors (Lipinski definition) is 5. The molecule has 0 spiro atoms. The van der Waals surface area contributed by atoms with Crippen LogP contribution in [0.2, 0.25) is 5.02 Å². The Morgan fingerprint density at radius 2 is 1.55 bits per heavy atom. The SMILES string of the molecule is O=C(CNC(=O)c1cccc(Cl)c1)NNC(=O)c1cccc(S(=O)(=O)N2CCCC2)c1. The molecule has 1 aliphatic heterocycles. The van der Waals surface area contributed by atoms with Crippen LogP contribution in [0.4, 0.5) is 0 Å². The number of rotatable bonds is 6. The quantitative estimate of drug-likeness (QED) is 0.556. The van der Waals surface area contributed by atoms with E-state index in [2.05, 4.69) is 16.2 Å². The largest absolute Gasteiger partial charge is 0.343 e. The molecule has 0 atom stereocenters. The van der Waals surface area contributed by atoms with E-state index in [0.717, 1.165) is 12.8 Å². The van der Waals surface area contributed by atoms with E-state index in [4.69, 9.17) is 11.6 Å². The first-order valence-corrected chi connectivity index (χ1v) is 11.3. The molecular formula is C20H21ClN4O5S. The highest BCUT2D eigenvalue weighted by atomic mass is 35.5. The average molecular weight is 465 g/mol. The molecule has 31 heavy (non-hydrogen) atoms. The Labute approximate surface area is 184 Å². The molecule has 1 aliphatic rings. The van der Waals surface area contributed by atoms with E-state index in [0.29, 0.717) is 23.7 Å². The number of halogens is 1. The Balaban J connectivity index is 1.53. The van der Waals surface area contributed by atoms with Gasteiger partial charge < -0.3 is 5.32 Å². The smallest absolute Gasteiger partial charge is 0.269 e. The summed E-state index contributed by atoms with van der Waals surface area (Å²) in [5.74, 6) is -1.85. The normalized spacial score (nSPS) is 14.1. The first-order chi connectivity index (χ1) is 14.8. The van der Waals surface area contributed by atoms with E-state index in [1.54, 1.807) is 18.2 Å². The van der Waals surface area contributed by atoms with Crippen LogP contribution in [0.1, 0.15) is 33.6 Å². The van der Waals surface area contributed by atoms with Crippen LogP contribution in [0.25, 0.3) is 0 Å². The zero-order chi connectivity index (χ0) is 22.4. The van der Waals surface area contributed by atoms with Crippen molar-refractivity contribution >= 4 is 39.3 Å². The first-order valence-electron chi connectivity index (χ1n) is 9.50. The molecule has 1 fully saturated rings. The summed E-state index contributed by atoms with van der Waals surface area (Å²) in [7, 11) is -3.66. The minimum absolute atomic E-state index is 0.0159. The predicted octanol–water partition coefficient (Wildman–Crippen LogP) is 1.32. The van der Waals surface area contributed by atoms with Gasteiger partial charge in [-0.15, -0.1) is 0 Å². The monoisotopic (exact) mass is 464 g/mol. The lowest BCUT2D eigenvalue weighted by atomic mass is 10.2. The number of hydrogen-bond donors (Lipinski definition) is 3. The van der Waals surface area contributed by atoms with Gasteiger partial charge in [-0.2, -0.15) is 4.31 Å². The zero-order valence-corrected chi connectivity index (χ0v) is 18.0. The molecule has 9 nitrogen and oxygen atoms in total. The van der Waals surface area contributed by atoms with Crippen molar-refractivity contribution < 1.29 is 22.8 Å². The van der Waals surface area contributed by atoms with Gasteiger partial charge in [0.1, 0.15) is 0 Å². The first kappa shape index (κ1) is 22.7. The number of amides is 3. The summed E-state index contributed by atoms with van der Waals surface area (Å²) in [6.45, 7) is 0.528. The van der Waals surface area contributed by atoms with Gasteiger partial charge in [0, 0.05) is 29.2 Å². The Bertz CT molecular complexity index is 1100. The molecule has 0 bridgehead atoms. The fourth-order valence-electron chi connectivity index (χ4n) is 3.01. The van der Waals surface area contributed by atoms with Crippen LogP contribution in [0, 0.1) is 0 Å². The lowest BCUT2D eigenvalue weighted by Crippen LogP contribution is -2.46. The summed E-state index contributed by atoms with van der Waals surface area (Å²) in [6, 6.07) is 11.8. The highest BCUT2D eigenvalue weighted by Crippen LogP contribution is 2.21. The van der Waals surface area contributed by atoms with Gasteiger partial charge in [-0.05, 0) is 49.2 Å². The van der Waals surface area contributed by atoms with Gasteiger partial charge in [-0.1, -0.05) is 23.7 Å². The van der Waals surface area contributed by atoms with Gasteiger partial charge in [-0.3, -0.25) is 25.2 Å². The summed E-state index contributed by atoms with van der Waals surface area (Å²) in [5.41, 5.74) is 4.74. The predicted molar refractivity (Wildman–Crippen MR) is 114 cm³/mol. The van der Waals surface area contributed by atoms with E-state index in [9.17, 15) is 22.8 Å². The summed E-state index contributed by atoms with van der Waals surface area (Å²) >= 11 is 5.82. The molecule has 3 N–H and O–H groups in total. The van der Waals surface area contributed by atoms with E-state index in [1.807, 2.05) is 0 Å². The van der Waals surface area contributed by atoms with Gasteiger partial charge in [0.2, 0.25) is 10.0 Å². The van der Waals surface area contributed by atoms with Crippen LogP contribution in [0.5, 0.6) is 0 Å². The second kappa shape index (κ2) is 9.90. The number of hydrazine groups is 1. The van der Waals surface area contributed by atoms with E-state index in [1.165, 1.54) is 34.6 Å². The van der Waals surface area contributed by atoms with Crippen molar-refractivity contribution in [1.29, 1.82) is 0 Å². The highest BCUT2D eigenvalue weighted by molar-refractivity contribution is 7.89. The Morgan fingerprint density at radius 1 is 0.903 bits per heavy atom. The van der Waals surface area contributed by atoms with Crippen LogP contribution in [-0.4, -0.2) is 50.1 Å². The van der Waals surface area contributed by atoms with Gasteiger partial charge >= 0.3 is 0 Å². The highest BCUT2D eigenvalue weighted by Gasteiger charge is 2.27. The Kier molecular flexibility index (Phi) is 7.26. The minimum Gasteiger partial charge on any atom is -0.343 e. The lowest BCUT2D eigenvalue weighted by molar-refractivity contribution is -0.120. The van der Waals surface area contributed by atoms with Gasteiger partial charge in [0.15, 0.2) is 0 Å². The Hall–Kier alpha value is -2.95. The molecule has 3 amide bonds. The van der Waals surface area contributed by atoms with Crippen molar-refractivity contribution in [2.75, 3.05) is 19.6 Å². The molecule has 2 aromatic rings. The maximum Gasteiger partial charge on any atom is 0.269 e.